The zero-order valence-corrected chi connectivity index (χ0v) is 10.6. The van der Waals surface area contributed by atoms with Crippen LogP contribution in [0.1, 0.15) is 39.0 Å². The predicted molar refractivity (Wildman–Crippen MR) is 68.7 cm³/mol. The third kappa shape index (κ3) is 2.23. The summed E-state index contributed by atoms with van der Waals surface area (Å²) in [4.78, 5) is 12.2. The first-order valence-electron chi connectivity index (χ1n) is 6.79. The molecule has 1 N–H and O–H groups in total. The molecule has 1 unspecified atom stereocenters. The van der Waals surface area contributed by atoms with Crippen LogP contribution in [0.2, 0.25) is 0 Å². The SMILES string of the molecule is CC1=CCCC(C2CC3(CC3)CNCC2=O)=C1. The van der Waals surface area contributed by atoms with Crippen molar-refractivity contribution in [1.82, 2.24) is 5.32 Å². The minimum atomic E-state index is 0.205. The van der Waals surface area contributed by atoms with Crippen molar-refractivity contribution >= 4 is 5.78 Å². The Morgan fingerprint density at radius 2 is 2.24 bits per heavy atom. The van der Waals surface area contributed by atoms with E-state index in [9.17, 15) is 4.79 Å². The highest BCUT2D eigenvalue weighted by molar-refractivity contribution is 5.86. The normalized spacial score (nSPS) is 31.8. The van der Waals surface area contributed by atoms with E-state index in [1.807, 2.05) is 0 Å². The van der Waals surface area contributed by atoms with Gasteiger partial charge < -0.3 is 5.32 Å². The zero-order valence-electron chi connectivity index (χ0n) is 10.6. The molecule has 3 aliphatic rings. The first kappa shape index (κ1) is 11.2. The lowest BCUT2D eigenvalue weighted by Crippen LogP contribution is -2.26. The quantitative estimate of drug-likeness (QED) is 0.751. The summed E-state index contributed by atoms with van der Waals surface area (Å²) >= 11 is 0. The van der Waals surface area contributed by atoms with E-state index in [2.05, 4.69) is 24.4 Å². The van der Waals surface area contributed by atoms with Gasteiger partial charge in [0.25, 0.3) is 0 Å². The molecule has 1 aliphatic heterocycles. The molecule has 0 radical (unpaired) electrons. The minimum Gasteiger partial charge on any atom is -0.309 e. The molecular formula is C15H21NO. The van der Waals surface area contributed by atoms with Crippen LogP contribution in [0.4, 0.5) is 0 Å². The molecule has 1 atom stereocenters. The molecule has 92 valence electrons. The summed E-state index contributed by atoms with van der Waals surface area (Å²) in [6.45, 7) is 3.77. The van der Waals surface area contributed by atoms with Gasteiger partial charge in [0.15, 0.2) is 5.78 Å². The second-order valence-electron chi connectivity index (χ2n) is 6.03. The van der Waals surface area contributed by atoms with Gasteiger partial charge in [0.1, 0.15) is 0 Å². The molecule has 17 heavy (non-hydrogen) atoms. The fourth-order valence-corrected chi connectivity index (χ4v) is 3.25. The van der Waals surface area contributed by atoms with Crippen LogP contribution >= 0.6 is 0 Å². The molecule has 2 fully saturated rings. The monoisotopic (exact) mass is 231 g/mol. The number of ketones is 1. The van der Waals surface area contributed by atoms with E-state index in [0.29, 0.717) is 17.7 Å². The highest BCUT2D eigenvalue weighted by atomic mass is 16.1. The molecule has 2 aliphatic carbocycles. The van der Waals surface area contributed by atoms with Gasteiger partial charge in [0, 0.05) is 12.5 Å². The molecule has 0 aromatic carbocycles. The van der Waals surface area contributed by atoms with Crippen LogP contribution in [0.3, 0.4) is 0 Å². The Kier molecular flexibility index (Phi) is 2.70. The number of rotatable bonds is 1. The van der Waals surface area contributed by atoms with Crippen LogP contribution in [0, 0.1) is 11.3 Å². The van der Waals surface area contributed by atoms with Gasteiger partial charge in [-0.3, -0.25) is 4.79 Å². The van der Waals surface area contributed by atoms with Gasteiger partial charge in [-0.25, -0.2) is 0 Å². The van der Waals surface area contributed by atoms with E-state index in [1.165, 1.54) is 24.0 Å². The minimum absolute atomic E-state index is 0.205. The summed E-state index contributed by atoms with van der Waals surface area (Å²) in [6.07, 6.45) is 10.4. The van der Waals surface area contributed by atoms with Crippen molar-refractivity contribution in [1.29, 1.82) is 0 Å². The average molecular weight is 231 g/mol. The van der Waals surface area contributed by atoms with Gasteiger partial charge in [-0.1, -0.05) is 23.3 Å². The van der Waals surface area contributed by atoms with Crippen molar-refractivity contribution in [2.45, 2.75) is 39.0 Å². The molecular weight excluding hydrogens is 210 g/mol. The van der Waals surface area contributed by atoms with Crippen LogP contribution in [-0.4, -0.2) is 18.9 Å². The van der Waals surface area contributed by atoms with Gasteiger partial charge in [-0.2, -0.15) is 0 Å². The Balaban J connectivity index is 1.84. The van der Waals surface area contributed by atoms with Crippen molar-refractivity contribution in [2.24, 2.45) is 11.3 Å². The number of Topliss-reactive ketones (excluding diaryl/α,β-unsaturated/α-hetero) is 1. The van der Waals surface area contributed by atoms with Gasteiger partial charge in [-0.05, 0) is 44.4 Å². The van der Waals surface area contributed by atoms with Crippen LogP contribution in [0.25, 0.3) is 0 Å². The largest absolute Gasteiger partial charge is 0.309 e. The summed E-state index contributed by atoms with van der Waals surface area (Å²) in [5, 5.41) is 3.34. The van der Waals surface area contributed by atoms with E-state index >= 15 is 0 Å². The molecule has 0 amide bonds. The van der Waals surface area contributed by atoms with E-state index in [-0.39, 0.29) is 5.92 Å². The standard InChI is InChI=1S/C15H21NO/c1-11-3-2-4-12(7-11)13-8-15(5-6-15)10-16-9-14(13)17/h3,7,13,16H,2,4-6,8-10H2,1H3. The van der Waals surface area contributed by atoms with Crippen LogP contribution in [-0.2, 0) is 4.79 Å². The van der Waals surface area contributed by atoms with Crippen molar-refractivity contribution in [2.75, 3.05) is 13.1 Å². The lowest BCUT2D eigenvalue weighted by Gasteiger charge is -2.22. The molecule has 0 aromatic heterocycles. The maximum atomic E-state index is 12.2. The Morgan fingerprint density at radius 1 is 1.41 bits per heavy atom. The molecule has 0 aromatic rings. The first-order chi connectivity index (χ1) is 8.19. The molecule has 0 bridgehead atoms. The van der Waals surface area contributed by atoms with Crippen molar-refractivity contribution in [3.8, 4) is 0 Å². The highest BCUT2D eigenvalue weighted by Gasteiger charge is 2.47. The van der Waals surface area contributed by atoms with Gasteiger partial charge in [-0.15, -0.1) is 0 Å². The Bertz CT molecular complexity index is 401. The lowest BCUT2D eigenvalue weighted by atomic mass is 9.81. The van der Waals surface area contributed by atoms with E-state index < -0.39 is 0 Å². The van der Waals surface area contributed by atoms with Crippen molar-refractivity contribution in [3.63, 3.8) is 0 Å². The van der Waals surface area contributed by atoms with Gasteiger partial charge in [0.2, 0.25) is 0 Å². The van der Waals surface area contributed by atoms with Gasteiger partial charge in [0.05, 0.1) is 6.54 Å². The summed E-state index contributed by atoms with van der Waals surface area (Å²) in [5.74, 6) is 0.617. The molecule has 3 rings (SSSR count). The summed E-state index contributed by atoms with van der Waals surface area (Å²) in [5.41, 5.74) is 3.19. The second-order valence-corrected chi connectivity index (χ2v) is 6.03. The average Bonchev–Trinajstić information content (AvgIpc) is 3.08. The maximum absolute atomic E-state index is 12.2. The zero-order chi connectivity index (χ0) is 11.9. The number of hydrogen-bond acceptors (Lipinski definition) is 2. The fraction of sp³-hybridized carbons (Fsp3) is 0.667. The Hall–Kier alpha value is -0.890. The second kappa shape index (κ2) is 4.09. The third-order valence-electron chi connectivity index (χ3n) is 4.54. The third-order valence-corrected chi connectivity index (χ3v) is 4.54. The molecule has 1 spiro atoms. The summed E-state index contributed by atoms with van der Waals surface area (Å²) < 4.78 is 0. The smallest absolute Gasteiger partial charge is 0.153 e. The van der Waals surface area contributed by atoms with Crippen molar-refractivity contribution in [3.05, 3.63) is 23.3 Å². The van der Waals surface area contributed by atoms with Gasteiger partial charge >= 0.3 is 0 Å². The summed E-state index contributed by atoms with van der Waals surface area (Å²) in [7, 11) is 0. The summed E-state index contributed by atoms with van der Waals surface area (Å²) in [6, 6.07) is 0. The van der Waals surface area contributed by atoms with Crippen LogP contribution in [0.5, 0.6) is 0 Å². The highest BCUT2D eigenvalue weighted by Crippen LogP contribution is 2.52. The van der Waals surface area contributed by atoms with E-state index in [1.54, 1.807) is 0 Å². The van der Waals surface area contributed by atoms with E-state index in [4.69, 9.17) is 0 Å². The van der Waals surface area contributed by atoms with Crippen LogP contribution < -0.4 is 5.32 Å². The molecule has 1 saturated carbocycles. The number of hydrogen-bond donors (Lipinski definition) is 1. The van der Waals surface area contributed by atoms with Crippen molar-refractivity contribution < 1.29 is 4.79 Å². The Morgan fingerprint density at radius 3 is 2.94 bits per heavy atom. The number of nitrogens with one attached hydrogen (secondary N) is 1. The molecule has 2 heteroatoms. The molecule has 2 nitrogen and oxygen atoms in total. The fourth-order valence-electron chi connectivity index (χ4n) is 3.25. The predicted octanol–water partition coefficient (Wildman–Crippen LogP) is 2.61. The van der Waals surface area contributed by atoms with Crippen LogP contribution in [0.15, 0.2) is 23.3 Å². The maximum Gasteiger partial charge on any atom is 0.153 e. The lowest BCUT2D eigenvalue weighted by molar-refractivity contribution is -0.120. The number of allylic oxidation sites excluding steroid dienone is 4. The first-order valence-corrected chi connectivity index (χ1v) is 6.79. The van der Waals surface area contributed by atoms with E-state index in [0.717, 1.165) is 25.8 Å². The number of carbonyl (C=O) groups is 1. The Labute approximate surface area is 103 Å². The molecule has 1 heterocycles. The number of carbonyl (C=O) groups excluding carboxylic acids is 1. The topological polar surface area (TPSA) is 29.1 Å². The molecule has 1 saturated heterocycles.